The molecule has 0 unspecified atom stereocenters. The molecule has 0 spiro atoms. The van der Waals surface area contributed by atoms with Gasteiger partial charge in [0.2, 0.25) is 0 Å². The molecule has 3 fully saturated rings. The Morgan fingerprint density at radius 2 is 1.73 bits per heavy atom. The van der Waals surface area contributed by atoms with Crippen molar-refractivity contribution < 1.29 is 4.79 Å². The van der Waals surface area contributed by atoms with Crippen LogP contribution in [0.4, 0.5) is 0 Å². The number of hydrogen-bond acceptors (Lipinski definition) is 1. The molecular formula is C32H52O. The number of hydrogen-bond donors (Lipinski definition) is 0. The number of rotatable bonds is 3. The predicted octanol–water partition coefficient (Wildman–Crippen LogP) is 9.18. The lowest BCUT2D eigenvalue weighted by Crippen LogP contribution is -2.56. The fourth-order valence-electron chi connectivity index (χ4n) is 9.32. The highest BCUT2D eigenvalue weighted by Gasteiger charge is 2.65. The van der Waals surface area contributed by atoms with Gasteiger partial charge in [-0.25, -0.2) is 0 Å². The standard InChI is InChI=1S/C32H52O/c1-21(11-12-22(2)28(3,4)5)23-15-19-32(10)25-13-14-26-29(6,7)27(33)17-18-30(26,8)24(25)16-20-31(23,32)9/h12,16,21,23,25-26H,11,13-15,17-20H2,1-10H3/b22-12+/t21-,23-,25-,26+,30-,31-,32+/m1/s1. The first kappa shape index (κ1) is 25.2. The van der Waals surface area contributed by atoms with Gasteiger partial charge < -0.3 is 0 Å². The predicted molar refractivity (Wildman–Crippen MR) is 141 cm³/mol. The average Bonchev–Trinajstić information content (AvgIpc) is 3.00. The van der Waals surface area contributed by atoms with E-state index in [1.165, 1.54) is 44.1 Å². The lowest BCUT2D eigenvalue weighted by Gasteiger charge is -2.63. The van der Waals surface area contributed by atoms with Gasteiger partial charge in [-0.1, -0.05) is 85.6 Å². The molecule has 0 aromatic heterocycles. The summed E-state index contributed by atoms with van der Waals surface area (Å²) in [6, 6.07) is 0. The fourth-order valence-corrected chi connectivity index (χ4v) is 9.32. The van der Waals surface area contributed by atoms with E-state index in [1.54, 1.807) is 5.57 Å². The van der Waals surface area contributed by atoms with E-state index in [0.717, 1.165) is 24.7 Å². The van der Waals surface area contributed by atoms with Crippen LogP contribution in [0.15, 0.2) is 23.3 Å². The van der Waals surface area contributed by atoms with Gasteiger partial charge in [0.25, 0.3) is 0 Å². The van der Waals surface area contributed by atoms with Crippen molar-refractivity contribution in [1.29, 1.82) is 0 Å². The Kier molecular flexibility index (Phi) is 5.99. The molecular weight excluding hydrogens is 400 g/mol. The van der Waals surface area contributed by atoms with Crippen LogP contribution >= 0.6 is 0 Å². The highest BCUT2D eigenvalue weighted by molar-refractivity contribution is 5.85. The first-order valence-electron chi connectivity index (χ1n) is 14.0. The maximum absolute atomic E-state index is 12.8. The zero-order chi connectivity index (χ0) is 24.6. The van der Waals surface area contributed by atoms with E-state index in [4.69, 9.17) is 0 Å². The van der Waals surface area contributed by atoms with Crippen LogP contribution in [0, 0.1) is 50.7 Å². The molecule has 186 valence electrons. The number of ketones is 1. The van der Waals surface area contributed by atoms with E-state index in [2.05, 4.69) is 81.4 Å². The molecule has 0 aromatic carbocycles. The van der Waals surface area contributed by atoms with E-state index < -0.39 is 0 Å². The molecule has 7 atom stereocenters. The van der Waals surface area contributed by atoms with Crippen molar-refractivity contribution in [1.82, 2.24) is 0 Å². The number of allylic oxidation sites excluding steroid dienone is 4. The quantitative estimate of drug-likeness (QED) is 0.390. The second-order valence-corrected chi connectivity index (χ2v) is 14.9. The van der Waals surface area contributed by atoms with Crippen LogP contribution in [0.3, 0.4) is 0 Å². The molecule has 0 saturated heterocycles. The first-order chi connectivity index (χ1) is 15.1. The van der Waals surface area contributed by atoms with Gasteiger partial charge >= 0.3 is 0 Å². The number of carbonyl (C=O) groups is 1. The van der Waals surface area contributed by atoms with Crippen molar-refractivity contribution in [2.75, 3.05) is 0 Å². The van der Waals surface area contributed by atoms with Gasteiger partial charge in [-0.2, -0.15) is 0 Å². The Labute approximate surface area is 205 Å². The molecule has 1 heteroatoms. The summed E-state index contributed by atoms with van der Waals surface area (Å²) < 4.78 is 0. The second-order valence-electron chi connectivity index (χ2n) is 14.9. The van der Waals surface area contributed by atoms with Crippen LogP contribution in [0.1, 0.15) is 121 Å². The van der Waals surface area contributed by atoms with E-state index in [9.17, 15) is 4.79 Å². The molecule has 0 N–H and O–H groups in total. The maximum Gasteiger partial charge on any atom is 0.138 e. The largest absolute Gasteiger partial charge is 0.299 e. The minimum atomic E-state index is -0.162. The van der Waals surface area contributed by atoms with Crippen LogP contribution in [0.2, 0.25) is 0 Å². The smallest absolute Gasteiger partial charge is 0.138 e. The molecule has 33 heavy (non-hydrogen) atoms. The Morgan fingerprint density at radius 3 is 2.36 bits per heavy atom. The number of fused-ring (bicyclic) bond motifs is 5. The third-order valence-corrected chi connectivity index (χ3v) is 12.3. The van der Waals surface area contributed by atoms with Crippen LogP contribution in [-0.2, 0) is 4.79 Å². The van der Waals surface area contributed by atoms with Crippen molar-refractivity contribution in [3.63, 3.8) is 0 Å². The van der Waals surface area contributed by atoms with Crippen molar-refractivity contribution in [2.24, 2.45) is 50.7 Å². The summed E-state index contributed by atoms with van der Waals surface area (Å²) in [6.45, 7) is 24.2. The van der Waals surface area contributed by atoms with Gasteiger partial charge in [-0.15, -0.1) is 0 Å². The third kappa shape index (κ3) is 3.57. The molecule has 0 radical (unpaired) electrons. The van der Waals surface area contributed by atoms with E-state index >= 15 is 0 Å². The summed E-state index contributed by atoms with van der Waals surface area (Å²) in [4.78, 5) is 12.8. The summed E-state index contributed by atoms with van der Waals surface area (Å²) in [7, 11) is 0. The van der Waals surface area contributed by atoms with Gasteiger partial charge in [0.15, 0.2) is 0 Å². The first-order valence-corrected chi connectivity index (χ1v) is 14.0. The van der Waals surface area contributed by atoms with Gasteiger partial charge in [0.05, 0.1) is 0 Å². The molecule has 4 aliphatic rings. The van der Waals surface area contributed by atoms with Crippen LogP contribution in [-0.4, -0.2) is 5.78 Å². The second kappa shape index (κ2) is 7.83. The van der Waals surface area contributed by atoms with Gasteiger partial charge in [0, 0.05) is 11.8 Å². The topological polar surface area (TPSA) is 17.1 Å². The van der Waals surface area contributed by atoms with Crippen molar-refractivity contribution in [2.45, 2.75) is 121 Å². The van der Waals surface area contributed by atoms with Gasteiger partial charge in [-0.3, -0.25) is 4.79 Å². The molecule has 1 nitrogen and oxygen atoms in total. The van der Waals surface area contributed by atoms with Crippen LogP contribution in [0.25, 0.3) is 0 Å². The third-order valence-electron chi connectivity index (χ3n) is 12.3. The average molecular weight is 453 g/mol. The van der Waals surface area contributed by atoms with Gasteiger partial charge in [0.1, 0.15) is 5.78 Å². The van der Waals surface area contributed by atoms with Crippen LogP contribution < -0.4 is 0 Å². The fraction of sp³-hybridized carbons (Fsp3) is 0.844. The molecule has 0 aromatic rings. The number of Topliss-reactive ketones (excluding diaryl/α,β-unsaturated/α-hetero) is 1. The van der Waals surface area contributed by atoms with Crippen LogP contribution in [0.5, 0.6) is 0 Å². The molecule has 4 aliphatic carbocycles. The summed E-state index contributed by atoms with van der Waals surface area (Å²) >= 11 is 0. The molecule has 0 amide bonds. The lowest BCUT2D eigenvalue weighted by molar-refractivity contribution is -0.142. The number of carbonyl (C=O) groups excluding carboxylic acids is 1. The summed E-state index contributed by atoms with van der Waals surface area (Å²) in [6.07, 6.45) is 14.9. The molecule has 3 saturated carbocycles. The monoisotopic (exact) mass is 452 g/mol. The van der Waals surface area contributed by atoms with Crippen molar-refractivity contribution in [3.05, 3.63) is 23.3 Å². The zero-order valence-corrected chi connectivity index (χ0v) is 23.5. The Bertz CT molecular complexity index is 865. The Balaban J connectivity index is 1.63. The normalized spacial score (nSPS) is 43.9. The molecule has 0 heterocycles. The summed E-state index contributed by atoms with van der Waals surface area (Å²) in [5.74, 6) is 3.28. The SMILES string of the molecule is C/C(=C\C[C@@H](C)[C@H]1CC[C@@]2(C)[C@@H]3CC[C@H]4C(C)(C)C(=O)CC[C@]4(C)C3=CC[C@]12C)C(C)(C)C. The lowest BCUT2D eigenvalue weighted by atomic mass is 9.41. The maximum atomic E-state index is 12.8. The molecule has 4 rings (SSSR count). The summed E-state index contributed by atoms with van der Waals surface area (Å²) in [5, 5.41) is 0. The van der Waals surface area contributed by atoms with Crippen molar-refractivity contribution >= 4 is 5.78 Å². The zero-order valence-electron chi connectivity index (χ0n) is 23.5. The minimum absolute atomic E-state index is 0.162. The van der Waals surface area contributed by atoms with E-state index in [-0.39, 0.29) is 16.2 Å². The molecule has 0 bridgehead atoms. The summed E-state index contributed by atoms with van der Waals surface area (Å²) in [5.41, 5.74) is 4.43. The van der Waals surface area contributed by atoms with E-state index in [0.29, 0.717) is 28.4 Å². The Hall–Kier alpha value is -0.850. The van der Waals surface area contributed by atoms with Gasteiger partial charge in [-0.05, 0) is 97.2 Å². The van der Waals surface area contributed by atoms with Crippen molar-refractivity contribution in [3.8, 4) is 0 Å². The molecule has 0 aliphatic heterocycles. The highest BCUT2D eigenvalue weighted by atomic mass is 16.1. The Morgan fingerprint density at radius 1 is 1.06 bits per heavy atom. The minimum Gasteiger partial charge on any atom is -0.299 e. The van der Waals surface area contributed by atoms with E-state index in [1.807, 2.05) is 0 Å². The highest BCUT2D eigenvalue weighted by Crippen LogP contribution is 2.72.